The first-order valence-corrected chi connectivity index (χ1v) is 9.29. The predicted octanol–water partition coefficient (Wildman–Crippen LogP) is 2.40. The Morgan fingerprint density at radius 2 is 1.83 bits per heavy atom. The number of carbonyl (C=O) groups excluding carboxylic acids is 1. The first-order valence-electron chi connectivity index (χ1n) is 9.29. The molecule has 9 nitrogen and oxygen atoms in total. The molecular weight excluding hydrogens is 372 g/mol. The Bertz CT molecular complexity index is 1010. The van der Waals surface area contributed by atoms with Crippen molar-refractivity contribution in [1.29, 1.82) is 0 Å². The van der Waals surface area contributed by atoms with E-state index in [4.69, 9.17) is 9.47 Å². The molecule has 0 atom stereocenters. The van der Waals surface area contributed by atoms with Crippen molar-refractivity contribution in [2.75, 3.05) is 50.6 Å². The zero-order chi connectivity index (χ0) is 20.2. The highest BCUT2D eigenvalue weighted by Gasteiger charge is 2.23. The molecule has 3 heterocycles. The molecule has 150 valence electrons. The molecule has 1 aliphatic heterocycles. The third-order valence-electron chi connectivity index (χ3n) is 4.80. The van der Waals surface area contributed by atoms with Crippen molar-refractivity contribution in [2.45, 2.75) is 0 Å². The molecule has 29 heavy (non-hydrogen) atoms. The van der Waals surface area contributed by atoms with Crippen LogP contribution in [-0.2, 0) is 0 Å². The fraction of sp³-hybridized carbons (Fsp3) is 0.300. The number of nitrogens with zero attached hydrogens (tertiary/aromatic N) is 5. The molecule has 3 aromatic rings. The van der Waals surface area contributed by atoms with Crippen LogP contribution in [0.4, 0.5) is 16.4 Å². The molecule has 0 unspecified atom stereocenters. The molecule has 2 aromatic heterocycles. The van der Waals surface area contributed by atoms with E-state index in [0.29, 0.717) is 48.8 Å². The van der Waals surface area contributed by atoms with E-state index in [2.05, 4.69) is 25.2 Å². The molecule has 1 N–H and O–H groups in total. The van der Waals surface area contributed by atoms with Gasteiger partial charge in [0.25, 0.3) is 5.88 Å². The quantitative estimate of drug-likeness (QED) is 0.726. The van der Waals surface area contributed by atoms with E-state index in [1.165, 1.54) is 7.11 Å². The summed E-state index contributed by atoms with van der Waals surface area (Å²) in [4.78, 5) is 30.0. The Morgan fingerprint density at radius 1 is 1.00 bits per heavy atom. The highest BCUT2D eigenvalue weighted by atomic mass is 16.5. The second-order valence-electron chi connectivity index (χ2n) is 6.53. The van der Waals surface area contributed by atoms with Crippen LogP contribution < -0.4 is 19.7 Å². The predicted molar refractivity (Wildman–Crippen MR) is 110 cm³/mol. The summed E-state index contributed by atoms with van der Waals surface area (Å²) in [5, 5.41) is 2.83. The van der Waals surface area contributed by atoms with Gasteiger partial charge in [0.15, 0.2) is 5.82 Å². The van der Waals surface area contributed by atoms with Crippen molar-refractivity contribution in [3.05, 3.63) is 42.6 Å². The fourth-order valence-electron chi connectivity index (χ4n) is 3.23. The monoisotopic (exact) mass is 394 g/mol. The van der Waals surface area contributed by atoms with Gasteiger partial charge in [-0.1, -0.05) is 6.07 Å². The van der Waals surface area contributed by atoms with Crippen LogP contribution in [0, 0.1) is 0 Å². The summed E-state index contributed by atoms with van der Waals surface area (Å²) in [6.07, 6.45) is 1.77. The molecule has 1 saturated heterocycles. The SMILES string of the molecule is COc1ccc2nc(NC(=O)N3CCN(c4ccccn4)CC3)c(OC)nc2c1. The van der Waals surface area contributed by atoms with Gasteiger partial charge < -0.3 is 19.3 Å². The number of rotatable bonds is 4. The van der Waals surface area contributed by atoms with E-state index in [0.717, 1.165) is 5.82 Å². The summed E-state index contributed by atoms with van der Waals surface area (Å²) in [5.74, 6) is 2.15. The average Bonchev–Trinajstić information content (AvgIpc) is 2.79. The van der Waals surface area contributed by atoms with E-state index in [1.54, 1.807) is 36.4 Å². The van der Waals surface area contributed by atoms with E-state index in [1.807, 2.05) is 18.2 Å². The van der Waals surface area contributed by atoms with Crippen molar-refractivity contribution in [3.63, 3.8) is 0 Å². The van der Waals surface area contributed by atoms with Gasteiger partial charge in [-0.25, -0.2) is 19.7 Å². The van der Waals surface area contributed by atoms with Gasteiger partial charge in [-0.2, -0.15) is 0 Å². The van der Waals surface area contributed by atoms with Crippen LogP contribution in [-0.4, -0.2) is 66.3 Å². The lowest BCUT2D eigenvalue weighted by Gasteiger charge is -2.35. The van der Waals surface area contributed by atoms with Crippen LogP contribution in [0.3, 0.4) is 0 Å². The van der Waals surface area contributed by atoms with Crippen LogP contribution in [0.5, 0.6) is 11.6 Å². The standard InChI is InChI=1S/C20H22N6O3/c1-28-14-6-7-15-16(13-14)23-19(29-2)18(22-15)24-20(27)26-11-9-25(10-12-26)17-5-3-4-8-21-17/h3-8,13H,9-12H2,1-2H3,(H,22,24,27). The third-order valence-corrected chi connectivity index (χ3v) is 4.80. The number of methoxy groups -OCH3 is 2. The van der Waals surface area contributed by atoms with E-state index in [-0.39, 0.29) is 11.9 Å². The van der Waals surface area contributed by atoms with E-state index in [9.17, 15) is 4.79 Å². The number of carbonyl (C=O) groups is 1. The number of fused-ring (bicyclic) bond motifs is 1. The smallest absolute Gasteiger partial charge is 0.323 e. The van der Waals surface area contributed by atoms with Crippen molar-refractivity contribution in [2.24, 2.45) is 0 Å². The average molecular weight is 394 g/mol. The highest BCUT2D eigenvalue weighted by Crippen LogP contribution is 2.26. The molecular formula is C20H22N6O3. The van der Waals surface area contributed by atoms with Crippen LogP contribution in [0.15, 0.2) is 42.6 Å². The third kappa shape index (κ3) is 3.98. The summed E-state index contributed by atoms with van der Waals surface area (Å²) in [6.45, 7) is 2.60. The van der Waals surface area contributed by atoms with Crippen LogP contribution in [0.2, 0.25) is 0 Å². The maximum absolute atomic E-state index is 12.8. The highest BCUT2D eigenvalue weighted by molar-refractivity contribution is 5.91. The number of urea groups is 1. The largest absolute Gasteiger partial charge is 0.497 e. The van der Waals surface area contributed by atoms with Gasteiger partial charge in [0.2, 0.25) is 0 Å². The van der Waals surface area contributed by atoms with E-state index >= 15 is 0 Å². The number of benzene rings is 1. The lowest BCUT2D eigenvalue weighted by atomic mass is 10.3. The van der Waals surface area contributed by atoms with Crippen LogP contribution in [0.25, 0.3) is 11.0 Å². The zero-order valence-electron chi connectivity index (χ0n) is 16.3. The van der Waals surface area contributed by atoms with Gasteiger partial charge in [0, 0.05) is 38.4 Å². The first-order chi connectivity index (χ1) is 14.2. The molecule has 0 radical (unpaired) electrons. The lowest BCUT2D eigenvalue weighted by Crippen LogP contribution is -2.50. The number of hydrogen-bond donors (Lipinski definition) is 1. The molecule has 4 rings (SSSR count). The van der Waals surface area contributed by atoms with Crippen molar-refractivity contribution >= 4 is 28.7 Å². The van der Waals surface area contributed by atoms with Crippen LogP contribution in [0.1, 0.15) is 0 Å². The molecule has 1 fully saturated rings. The second-order valence-corrected chi connectivity index (χ2v) is 6.53. The second kappa shape index (κ2) is 8.17. The number of pyridine rings is 1. The number of ether oxygens (including phenoxy) is 2. The van der Waals surface area contributed by atoms with Crippen LogP contribution >= 0.6 is 0 Å². The summed E-state index contributed by atoms with van der Waals surface area (Å²) in [7, 11) is 3.09. The molecule has 2 amide bonds. The van der Waals surface area contributed by atoms with Crippen molar-refractivity contribution in [1.82, 2.24) is 19.9 Å². The number of hydrogen-bond acceptors (Lipinski definition) is 7. The maximum atomic E-state index is 12.8. The minimum Gasteiger partial charge on any atom is -0.497 e. The Kier molecular flexibility index (Phi) is 5.28. The van der Waals surface area contributed by atoms with Gasteiger partial charge in [0.1, 0.15) is 11.6 Å². The summed E-state index contributed by atoms with van der Waals surface area (Å²) in [6, 6.07) is 11.0. The van der Waals surface area contributed by atoms with Gasteiger partial charge in [-0.15, -0.1) is 0 Å². The van der Waals surface area contributed by atoms with Gasteiger partial charge in [0.05, 0.1) is 25.3 Å². The lowest BCUT2D eigenvalue weighted by molar-refractivity contribution is 0.208. The van der Waals surface area contributed by atoms with Crippen molar-refractivity contribution in [3.8, 4) is 11.6 Å². The molecule has 0 spiro atoms. The molecule has 0 aliphatic carbocycles. The number of anilines is 2. The topological polar surface area (TPSA) is 92.7 Å². The fourth-order valence-corrected chi connectivity index (χ4v) is 3.23. The summed E-state index contributed by atoms with van der Waals surface area (Å²) < 4.78 is 10.5. The zero-order valence-corrected chi connectivity index (χ0v) is 16.3. The van der Waals surface area contributed by atoms with E-state index < -0.39 is 0 Å². The minimum atomic E-state index is -0.230. The Hall–Kier alpha value is -3.62. The first kappa shape index (κ1) is 18.7. The number of aromatic nitrogens is 3. The van der Waals surface area contributed by atoms with Gasteiger partial charge in [-0.05, 0) is 24.3 Å². The summed E-state index contributed by atoms with van der Waals surface area (Å²) in [5.41, 5.74) is 1.27. The molecule has 0 saturated carbocycles. The Morgan fingerprint density at radius 3 is 2.52 bits per heavy atom. The number of nitrogens with one attached hydrogen (secondary N) is 1. The molecule has 9 heteroatoms. The molecule has 1 aliphatic rings. The minimum absolute atomic E-state index is 0.230. The number of piperazine rings is 1. The van der Waals surface area contributed by atoms with Crippen molar-refractivity contribution < 1.29 is 14.3 Å². The molecule has 1 aromatic carbocycles. The maximum Gasteiger partial charge on any atom is 0.323 e. The Balaban J connectivity index is 1.46. The Labute approximate surface area is 168 Å². The normalized spacial score (nSPS) is 14.0. The molecule has 0 bridgehead atoms. The van der Waals surface area contributed by atoms with Gasteiger partial charge >= 0.3 is 6.03 Å². The summed E-state index contributed by atoms with van der Waals surface area (Å²) >= 11 is 0. The van der Waals surface area contributed by atoms with Gasteiger partial charge in [-0.3, -0.25) is 5.32 Å². The number of amides is 2.